The van der Waals surface area contributed by atoms with Gasteiger partial charge in [-0.05, 0) is 24.1 Å². The highest BCUT2D eigenvalue weighted by molar-refractivity contribution is 7.99. The summed E-state index contributed by atoms with van der Waals surface area (Å²) in [7, 11) is 1.84. The Kier molecular flexibility index (Phi) is 4.07. The third-order valence-corrected chi connectivity index (χ3v) is 4.02. The molecule has 1 aliphatic rings. The first-order chi connectivity index (χ1) is 8.22. The van der Waals surface area contributed by atoms with Crippen molar-refractivity contribution in [3.05, 3.63) is 29.8 Å². The van der Waals surface area contributed by atoms with Crippen molar-refractivity contribution in [2.75, 3.05) is 23.6 Å². The summed E-state index contributed by atoms with van der Waals surface area (Å²) in [6.45, 7) is 2.13. The van der Waals surface area contributed by atoms with Gasteiger partial charge in [0, 0.05) is 24.4 Å². The van der Waals surface area contributed by atoms with Crippen molar-refractivity contribution in [3.63, 3.8) is 0 Å². The molecule has 3 nitrogen and oxygen atoms in total. The number of carbonyl (C=O) groups excluding carboxylic acids is 1. The summed E-state index contributed by atoms with van der Waals surface area (Å²) in [6, 6.07) is 8.15. The van der Waals surface area contributed by atoms with Crippen LogP contribution in [-0.2, 0) is 11.2 Å². The van der Waals surface area contributed by atoms with Gasteiger partial charge in [-0.2, -0.15) is 0 Å². The molecule has 1 aromatic rings. The van der Waals surface area contributed by atoms with Gasteiger partial charge < -0.3 is 4.90 Å². The number of hydrogen-bond donors (Lipinski definition) is 1. The third-order valence-electron chi connectivity index (χ3n) is 3.08. The summed E-state index contributed by atoms with van der Waals surface area (Å²) in [6.07, 6.45) is 1.03. The molecule has 92 valence electrons. The number of rotatable bonds is 3. The van der Waals surface area contributed by atoms with Crippen LogP contribution in [-0.4, -0.2) is 30.6 Å². The van der Waals surface area contributed by atoms with E-state index in [4.69, 9.17) is 0 Å². The van der Waals surface area contributed by atoms with Crippen molar-refractivity contribution >= 4 is 23.4 Å². The Morgan fingerprint density at radius 3 is 2.71 bits per heavy atom. The van der Waals surface area contributed by atoms with Crippen LogP contribution < -0.4 is 10.2 Å². The molecule has 1 fully saturated rings. The van der Waals surface area contributed by atoms with Crippen molar-refractivity contribution in [3.8, 4) is 0 Å². The van der Waals surface area contributed by atoms with Gasteiger partial charge in [0.15, 0.2) is 0 Å². The second kappa shape index (κ2) is 5.56. The quantitative estimate of drug-likeness (QED) is 0.889. The molecule has 1 unspecified atom stereocenters. The van der Waals surface area contributed by atoms with Crippen LogP contribution in [0.15, 0.2) is 24.3 Å². The maximum atomic E-state index is 12.2. The summed E-state index contributed by atoms with van der Waals surface area (Å²) in [4.78, 5) is 13.9. The Balaban J connectivity index is 2.07. The van der Waals surface area contributed by atoms with Crippen molar-refractivity contribution in [1.82, 2.24) is 5.32 Å². The van der Waals surface area contributed by atoms with E-state index >= 15 is 0 Å². The van der Waals surface area contributed by atoms with Crippen LogP contribution >= 0.6 is 11.8 Å². The molecule has 0 saturated carbocycles. The predicted molar refractivity (Wildman–Crippen MR) is 73.5 cm³/mol. The van der Waals surface area contributed by atoms with Crippen LogP contribution in [0.3, 0.4) is 0 Å². The zero-order valence-electron chi connectivity index (χ0n) is 10.3. The normalized spacial score (nSPS) is 19.3. The van der Waals surface area contributed by atoms with Crippen LogP contribution in [0.1, 0.15) is 12.5 Å². The van der Waals surface area contributed by atoms with Gasteiger partial charge >= 0.3 is 0 Å². The van der Waals surface area contributed by atoms with E-state index in [9.17, 15) is 4.79 Å². The second-order valence-corrected chi connectivity index (χ2v) is 5.22. The molecule has 1 heterocycles. The predicted octanol–water partition coefficient (Wildman–Crippen LogP) is 1.87. The lowest BCUT2D eigenvalue weighted by Gasteiger charge is -2.21. The minimum atomic E-state index is -0.0316. The Morgan fingerprint density at radius 2 is 2.18 bits per heavy atom. The third kappa shape index (κ3) is 2.82. The number of amides is 1. The molecular weight excluding hydrogens is 232 g/mol. The van der Waals surface area contributed by atoms with Crippen molar-refractivity contribution in [1.29, 1.82) is 0 Å². The molecule has 1 aliphatic heterocycles. The standard InChI is InChI=1S/C13H18N2OS/c1-3-10-4-6-11(7-5-10)15(2)13(16)12-8-17-9-14-12/h4-7,12,14H,3,8-9H2,1-2H3. The highest BCUT2D eigenvalue weighted by Crippen LogP contribution is 2.18. The number of anilines is 1. The number of likely N-dealkylation sites (N-methyl/N-ethyl adjacent to an activating group) is 1. The van der Waals surface area contributed by atoms with Crippen LogP contribution in [0.4, 0.5) is 5.69 Å². The first-order valence-electron chi connectivity index (χ1n) is 5.90. The fourth-order valence-electron chi connectivity index (χ4n) is 1.87. The topological polar surface area (TPSA) is 32.3 Å². The molecule has 4 heteroatoms. The van der Waals surface area contributed by atoms with E-state index in [2.05, 4.69) is 24.4 Å². The van der Waals surface area contributed by atoms with Gasteiger partial charge in [0.25, 0.3) is 0 Å². The Hall–Kier alpha value is -1.00. The molecule has 1 atom stereocenters. The van der Waals surface area contributed by atoms with Gasteiger partial charge in [-0.3, -0.25) is 10.1 Å². The largest absolute Gasteiger partial charge is 0.314 e. The molecule has 0 bridgehead atoms. The van der Waals surface area contributed by atoms with Crippen LogP contribution in [0.25, 0.3) is 0 Å². The number of benzene rings is 1. The number of hydrogen-bond acceptors (Lipinski definition) is 3. The average Bonchev–Trinajstić information content (AvgIpc) is 2.91. The van der Waals surface area contributed by atoms with Gasteiger partial charge in [0.05, 0.1) is 6.04 Å². The highest BCUT2D eigenvalue weighted by atomic mass is 32.2. The van der Waals surface area contributed by atoms with E-state index < -0.39 is 0 Å². The van der Waals surface area contributed by atoms with E-state index in [-0.39, 0.29) is 11.9 Å². The lowest BCUT2D eigenvalue weighted by atomic mass is 10.1. The van der Waals surface area contributed by atoms with E-state index in [1.54, 1.807) is 16.7 Å². The maximum absolute atomic E-state index is 12.2. The SMILES string of the molecule is CCc1ccc(N(C)C(=O)C2CSCN2)cc1. The summed E-state index contributed by atoms with van der Waals surface area (Å²) in [5.74, 6) is 1.90. The van der Waals surface area contributed by atoms with E-state index in [1.165, 1.54) is 5.56 Å². The van der Waals surface area contributed by atoms with E-state index in [1.807, 2.05) is 19.2 Å². The molecule has 1 amide bonds. The molecule has 1 N–H and O–H groups in total. The minimum Gasteiger partial charge on any atom is -0.314 e. The Morgan fingerprint density at radius 1 is 1.47 bits per heavy atom. The highest BCUT2D eigenvalue weighted by Gasteiger charge is 2.25. The fraction of sp³-hybridized carbons (Fsp3) is 0.462. The molecule has 0 radical (unpaired) electrons. The molecule has 1 aromatic carbocycles. The number of aryl methyl sites for hydroxylation is 1. The van der Waals surface area contributed by atoms with E-state index in [0.717, 1.165) is 23.7 Å². The zero-order chi connectivity index (χ0) is 12.3. The van der Waals surface area contributed by atoms with Gasteiger partial charge in [-0.1, -0.05) is 19.1 Å². The van der Waals surface area contributed by atoms with Crippen molar-refractivity contribution in [2.45, 2.75) is 19.4 Å². The molecule has 0 spiro atoms. The Labute approximate surface area is 107 Å². The molecule has 0 aliphatic carbocycles. The maximum Gasteiger partial charge on any atom is 0.244 e. The number of carbonyl (C=O) groups is 1. The molecule has 1 saturated heterocycles. The molecular formula is C13H18N2OS. The molecule has 17 heavy (non-hydrogen) atoms. The van der Waals surface area contributed by atoms with Crippen LogP contribution in [0, 0.1) is 0 Å². The summed E-state index contributed by atoms with van der Waals surface area (Å²) < 4.78 is 0. The summed E-state index contributed by atoms with van der Waals surface area (Å²) >= 11 is 1.77. The van der Waals surface area contributed by atoms with Crippen molar-refractivity contribution < 1.29 is 4.79 Å². The van der Waals surface area contributed by atoms with E-state index in [0.29, 0.717) is 0 Å². The first kappa shape index (κ1) is 12.5. The smallest absolute Gasteiger partial charge is 0.244 e. The van der Waals surface area contributed by atoms with Crippen LogP contribution in [0.5, 0.6) is 0 Å². The summed E-state index contributed by atoms with van der Waals surface area (Å²) in [5, 5.41) is 3.20. The summed E-state index contributed by atoms with van der Waals surface area (Å²) in [5.41, 5.74) is 2.26. The van der Waals surface area contributed by atoms with Gasteiger partial charge in [0.2, 0.25) is 5.91 Å². The van der Waals surface area contributed by atoms with Gasteiger partial charge in [-0.15, -0.1) is 11.8 Å². The first-order valence-corrected chi connectivity index (χ1v) is 7.05. The van der Waals surface area contributed by atoms with Gasteiger partial charge in [-0.25, -0.2) is 0 Å². The lowest BCUT2D eigenvalue weighted by Crippen LogP contribution is -2.43. The average molecular weight is 250 g/mol. The number of thioether (sulfide) groups is 1. The minimum absolute atomic E-state index is 0.0316. The monoisotopic (exact) mass is 250 g/mol. The Bertz CT molecular complexity index is 385. The lowest BCUT2D eigenvalue weighted by molar-refractivity contribution is -0.119. The number of nitrogens with zero attached hydrogens (tertiary/aromatic N) is 1. The molecule has 0 aromatic heterocycles. The van der Waals surface area contributed by atoms with Crippen LogP contribution in [0.2, 0.25) is 0 Å². The molecule has 2 rings (SSSR count). The second-order valence-electron chi connectivity index (χ2n) is 4.19. The number of nitrogens with one attached hydrogen (secondary N) is 1. The fourth-order valence-corrected chi connectivity index (χ4v) is 2.80. The van der Waals surface area contributed by atoms with Gasteiger partial charge in [0.1, 0.15) is 0 Å². The van der Waals surface area contributed by atoms with Crippen molar-refractivity contribution in [2.24, 2.45) is 0 Å². The zero-order valence-corrected chi connectivity index (χ0v) is 11.1.